The second kappa shape index (κ2) is 6.72. The zero-order valence-corrected chi connectivity index (χ0v) is 15.3. The lowest BCUT2D eigenvalue weighted by molar-refractivity contribution is 0.0531. The lowest BCUT2D eigenvalue weighted by Gasteiger charge is -2.10. The van der Waals surface area contributed by atoms with Crippen molar-refractivity contribution in [3.63, 3.8) is 0 Å². The highest BCUT2D eigenvalue weighted by Crippen LogP contribution is 2.36. The zero-order chi connectivity index (χ0) is 18.1. The largest absolute Gasteiger partial charge is 0.462 e. The molecule has 0 fully saturated rings. The van der Waals surface area contributed by atoms with Gasteiger partial charge in [0, 0.05) is 11.1 Å². The molecule has 26 heavy (non-hydrogen) atoms. The summed E-state index contributed by atoms with van der Waals surface area (Å²) in [5.74, 6) is 0.375. The van der Waals surface area contributed by atoms with E-state index >= 15 is 0 Å². The number of hydrogen-bond acceptors (Lipinski definition) is 6. The van der Waals surface area contributed by atoms with Crippen LogP contribution in [0.4, 0.5) is 11.5 Å². The molecule has 0 aliphatic rings. The Morgan fingerprint density at radius 1 is 1.15 bits per heavy atom. The van der Waals surface area contributed by atoms with Crippen molar-refractivity contribution in [1.82, 2.24) is 9.97 Å². The van der Waals surface area contributed by atoms with E-state index in [9.17, 15) is 4.79 Å². The molecule has 0 bridgehead atoms. The van der Waals surface area contributed by atoms with E-state index in [4.69, 9.17) is 4.74 Å². The van der Waals surface area contributed by atoms with E-state index in [1.165, 1.54) is 17.7 Å². The molecule has 0 aliphatic carbocycles. The summed E-state index contributed by atoms with van der Waals surface area (Å²) >= 11 is 1.33. The number of thiophene rings is 1. The number of ether oxygens (including phenoxy) is 1. The van der Waals surface area contributed by atoms with Crippen molar-refractivity contribution in [2.24, 2.45) is 0 Å². The summed E-state index contributed by atoms with van der Waals surface area (Å²) in [6, 6.07) is 14.3. The molecule has 0 unspecified atom stereocenters. The lowest BCUT2D eigenvalue weighted by atomic mass is 10.1. The molecule has 0 atom stereocenters. The fourth-order valence-electron chi connectivity index (χ4n) is 3.02. The molecule has 4 aromatic rings. The molecule has 2 aromatic heterocycles. The van der Waals surface area contributed by atoms with E-state index < -0.39 is 0 Å². The third-order valence-corrected chi connectivity index (χ3v) is 5.41. The monoisotopic (exact) mass is 363 g/mol. The van der Waals surface area contributed by atoms with Crippen LogP contribution in [0.15, 0.2) is 48.8 Å². The number of esters is 1. The number of nitrogens with one attached hydrogen (secondary N) is 1. The molecule has 130 valence electrons. The van der Waals surface area contributed by atoms with Gasteiger partial charge in [-0.15, -0.1) is 11.3 Å². The van der Waals surface area contributed by atoms with Crippen LogP contribution in [-0.2, 0) is 4.74 Å². The minimum Gasteiger partial charge on any atom is -0.462 e. The topological polar surface area (TPSA) is 64.1 Å². The van der Waals surface area contributed by atoms with E-state index in [2.05, 4.69) is 33.5 Å². The van der Waals surface area contributed by atoms with Gasteiger partial charge in [-0.05, 0) is 30.9 Å². The van der Waals surface area contributed by atoms with Gasteiger partial charge in [0.05, 0.1) is 12.0 Å². The average Bonchev–Trinajstić information content (AvgIpc) is 3.00. The molecule has 0 aliphatic heterocycles. The highest BCUT2D eigenvalue weighted by Gasteiger charge is 2.20. The number of fused-ring (bicyclic) bond motifs is 2. The summed E-state index contributed by atoms with van der Waals surface area (Å²) in [5, 5.41) is 6.53. The molecule has 0 spiro atoms. The van der Waals surface area contributed by atoms with Crippen LogP contribution in [0, 0.1) is 6.92 Å². The van der Waals surface area contributed by atoms with Gasteiger partial charge in [0.2, 0.25) is 0 Å². The second-order valence-corrected chi connectivity index (χ2v) is 6.83. The summed E-state index contributed by atoms with van der Waals surface area (Å²) in [7, 11) is 0. The first kappa shape index (κ1) is 16.5. The van der Waals surface area contributed by atoms with E-state index in [0.717, 1.165) is 32.2 Å². The molecule has 0 radical (unpaired) electrons. The molecule has 0 saturated heterocycles. The van der Waals surface area contributed by atoms with E-state index in [-0.39, 0.29) is 5.97 Å². The molecule has 0 amide bonds. The second-order valence-electron chi connectivity index (χ2n) is 5.83. The van der Waals surface area contributed by atoms with Gasteiger partial charge in [-0.25, -0.2) is 14.8 Å². The average molecular weight is 363 g/mol. The van der Waals surface area contributed by atoms with Crippen LogP contribution < -0.4 is 5.32 Å². The fraction of sp³-hybridized carbons (Fsp3) is 0.150. The molecule has 4 rings (SSSR count). The van der Waals surface area contributed by atoms with Crippen LogP contribution in [-0.4, -0.2) is 22.5 Å². The number of rotatable bonds is 4. The zero-order valence-electron chi connectivity index (χ0n) is 14.4. The maximum absolute atomic E-state index is 12.2. The van der Waals surface area contributed by atoms with Crippen LogP contribution >= 0.6 is 11.3 Å². The molecule has 2 heterocycles. The van der Waals surface area contributed by atoms with Crippen molar-refractivity contribution in [3.05, 3.63) is 59.2 Å². The maximum Gasteiger partial charge on any atom is 0.348 e. The standard InChI is InChI=1S/C20H17N3O2S/c1-3-25-20(24)17-12(2)16-18(21-11-22-19(16)26-17)23-15-10-6-8-13-7-4-5-9-14(13)15/h4-11H,3H2,1-2H3,(H,21,22,23). The third kappa shape index (κ3) is 2.78. The van der Waals surface area contributed by atoms with Crippen molar-refractivity contribution in [2.75, 3.05) is 11.9 Å². The molecule has 5 nitrogen and oxygen atoms in total. The number of hydrogen-bond donors (Lipinski definition) is 1. The Hall–Kier alpha value is -2.99. The maximum atomic E-state index is 12.2. The number of nitrogens with zero attached hydrogens (tertiary/aromatic N) is 2. The Kier molecular flexibility index (Phi) is 4.26. The quantitative estimate of drug-likeness (QED) is 0.513. The minimum absolute atomic E-state index is 0.316. The van der Waals surface area contributed by atoms with Gasteiger partial charge in [0.15, 0.2) is 0 Å². The molecular formula is C20H17N3O2S. The third-order valence-electron chi connectivity index (χ3n) is 4.23. The van der Waals surface area contributed by atoms with E-state index in [0.29, 0.717) is 17.3 Å². The van der Waals surface area contributed by atoms with Gasteiger partial charge < -0.3 is 10.1 Å². The SMILES string of the molecule is CCOC(=O)c1sc2ncnc(Nc3cccc4ccccc34)c2c1C. The number of carbonyl (C=O) groups is 1. The van der Waals surface area contributed by atoms with Crippen molar-refractivity contribution in [3.8, 4) is 0 Å². The normalized spacial score (nSPS) is 11.0. The lowest BCUT2D eigenvalue weighted by Crippen LogP contribution is -2.03. The first-order chi connectivity index (χ1) is 12.7. The summed E-state index contributed by atoms with van der Waals surface area (Å²) in [6.45, 7) is 4.05. The number of aryl methyl sites for hydroxylation is 1. The highest BCUT2D eigenvalue weighted by molar-refractivity contribution is 7.20. The molecule has 2 aromatic carbocycles. The van der Waals surface area contributed by atoms with Crippen LogP contribution in [0.1, 0.15) is 22.2 Å². The molecule has 6 heteroatoms. The van der Waals surface area contributed by atoms with Crippen LogP contribution in [0.3, 0.4) is 0 Å². The Morgan fingerprint density at radius 3 is 2.81 bits per heavy atom. The van der Waals surface area contributed by atoms with Crippen molar-refractivity contribution < 1.29 is 9.53 Å². The Bertz CT molecular complexity index is 1120. The number of anilines is 2. The summed E-state index contributed by atoms with van der Waals surface area (Å²) < 4.78 is 5.16. The van der Waals surface area contributed by atoms with Gasteiger partial charge in [-0.1, -0.05) is 36.4 Å². The van der Waals surface area contributed by atoms with Gasteiger partial charge in [-0.2, -0.15) is 0 Å². The predicted octanol–water partition coefficient (Wildman–Crippen LogP) is 5.07. The fourth-order valence-corrected chi connectivity index (χ4v) is 4.06. The van der Waals surface area contributed by atoms with Crippen LogP contribution in [0.25, 0.3) is 21.0 Å². The first-order valence-corrected chi connectivity index (χ1v) is 9.16. The van der Waals surface area contributed by atoms with Gasteiger partial charge in [-0.3, -0.25) is 0 Å². The van der Waals surface area contributed by atoms with Gasteiger partial charge in [0.25, 0.3) is 0 Å². The Labute approximate surface area is 154 Å². The Balaban J connectivity index is 1.83. The summed E-state index contributed by atoms with van der Waals surface area (Å²) in [4.78, 5) is 22.3. The number of benzene rings is 2. The minimum atomic E-state index is -0.316. The van der Waals surface area contributed by atoms with Gasteiger partial charge in [0.1, 0.15) is 21.9 Å². The Morgan fingerprint density at radius 2 is 1.96 bits per heavy atom. The summed E-state index contributed by atoms with van der Waals surface area (Å²) in [5.41, 5.74) is 1.80. The van der Waals surface area contributed by atoms with Crippen molar-refractivity contribution >= 4 is 49.8 Å². The smallest absolute Gasteiger partial charge is 0.348 e. The number of aromatic nitrogens is 2. The first-order valence-electron chi connectivity index (χ1n) is 8.35. The van der Waals surface area contributed by atoms with Gasteiger partial charge >= 0.3 is 5.97 Å². The predicted molar refractivity (Wildman–Crippen MR) is 105 cm³/mol. The van der Waals surface area contributed by atoms with E-state index in [1.807, 2.05) is 31.2 Å². The van der Waals surface area contributed by atoms with Crippen molar-refractivity contribution in [1.29, 1.82) is 0 Å². The summed E-state index contributed by atoms with van der Waals surface area (Å²) in [6.07, 6.45) is 1.51. The highest BCUT2D eigenvalue weighted by atomic mass is 32.1. The number of carbonyl (C=O) groups excluding carboxylic acids is 1. The van der Waals surface area contributed by atoms with Crippen LogP contribution in [0.5, 0.6) is 0 Å². The molecule has 1 N–H and O–H groups in total. The van der Waals surface area contributed by atoms with E-state index in [1.54, 1.807) is 6.92 Å². The molecular weight excluding hydrogens is 346 g/mol. The van der Waals surface area contributed by atoms with Crippen LogP contribution in [0.2, 0.25) is 0 Å². The van der Waals surface area contributed by atoms with Crippen molar-refractivity contribution in [2.45, 2.75) is 13.8 Å². The molecule has 0 saturated carbocycles.